The van der Waals surface area contributed by atoms with Gasteiger partial charge in [-0.3, -0.25) is 19.2 Å². The number of amides is 4. The Hall–Kier alpha value is -4.47. The van der Waals surface area contributed by atoms with Crippen LogP contribution in [0.25, 0.3) is 0 Å². The van der Waals surface area contributed by atoms with Crippen molar-refractivity contribution in [3.8, 4) is 0 Å². The van der Waals surface area contributed by atoms with Crippen molar-refractivity contribution >= 4 is 29.6 Å². The van der Waals surface area contributed by atoms with E-state index in [-0.39, 0.29) is 12.3 Å². The number of carboxylic acid groups (broad SMARTS) is 1. The molecule has 8 aliphatic rings. The van der Waals surface area contributed by atoms with Crippen molar-refractivity contribution in [3.63, 3.8) is 0 Å². The Morgan fingerprint density at radius 2 is 0.730 bits per heavy atom. The molecule has 28 N–H and O–H groups in total. The highest BCUT2D eigenvalue weighted by Gasteiger charge is 2.64. The molecule has 0 saturated carbocycles. The van der Waals surface area contributed by atoms with E-state index in [2.05, 4.69) is 35.1 Å². The van der Waals surface area contributed by atoms with Gasteiger partial charge < -0.3 is 220 Å². The van der Waals surface area contributed by atoms with Crippen LogP contribution in [0.3, 0.4) is 0 Å². The molecule has 49 nitrogen and oxygen atoms in total. The van der Waals surface area contributed by atoms with Crippen LogP contribution in [0.5, 0.6) is 0 Å². The Balaban J connectivity index is 0.971. The third kappa shape index (κ3) is 37.4. The lowest BCUT2D eigenvalue weighted by Gasteiger charge is -2.52. The van der Waals surface area contributed by atoms with Crippen LogP contribution in [0, 0.1) is 0 Å². The monoisotopic (exact) mass is 2140 g/mol. The number of carboxylic acids is 1. The van der Waals surface area contributed by atoms with Gasteiger partial charge in [0, 0.05) is 33.6 Å². The molecule has 0 aromatic carbocycles. The molecule has 0 aromatic heterocycles. The number of hydrogen-bond donors (Lipinski definition) is 28. The van der Waals surface area contributed by atoms with Crippen molar-refractivity contribution in [2.24, 2.45) is 0 Å². The first-order chi connectivity index (χ1) is 70.8. The van der Waals surface area contributed by atoms with Crippen LogP contribution >= 0.6 is 0 Å². The lowest BCUT2D eigenvalue weighted by atomic mass is 9.88. The number of ether oxygens (including phenoxy) is 16. The van der Waals surface area contributed by atoms with E-state index < -0.39 is 346 Å². The smallest absolute Gasteiger partial charge is 0.364 e. The number of hydrogen-bond acceptors (Lipinski definition) is 44. The SMILES string of the molecule is CCCCCCCCCCCCC/C=C/[C@@H](O)[C@H](CO[C@@H]1OC(CO)[C@@H](O[C@@H]2OC(CO)[C@H](O)[C@H](O[C@@H]3OC(CO)[C@@H](O[C@@H]4OC(CO)[C@H](O)[C@H](O[C@H]5OC(CO)[C@H](O)[C@H](O[C@@H]6OC(CO)[C@H](O)[C@H](O[C@]7(C(=O)O)CC(O)[C@@H](NC(C)=O)C([C@H](O)[C@H](O)CO)O7)C6O)C5NC(C)=O)C4O[C@H]4OC(C)[C@@H](O)C(O)[C@@H]4O)[C@H](O)C3NC(C)=O)C2O)[C@H](O)C1O)NC(=O)CCCCCCCCCCCCCCCCCCCCCCC. The Kier molecular flexibility index (Phi) is 57.6. The first-order valence-corrected chi connectivity index (χ1v) is 53.5. The van der Waals surface area contributed by atoms with E-state index in [1.54, 1.807) is 6.08 Å². The zero-order valence-corrected chi connectivity index (χ0v) is 86.1. The second-order valence-corrected chi connectivity index (χ2v) is 40.5. The zero-order chi connectivity index (χ0) is 109. The van der Waals surface area contributed by atoms with Gasteiger partial charge in [0.2, 0.25) is 23.6 Å². The van der Waals surface area contributed by atoms with E-state index in [1.807, 2.05) is 6.08 Å². The lowest BCUT2D eigenvalue weighted by molar-refractivity contribution is -0.406. The first kappa shape index (κ1) is 129. The minimum absolute atomic E-state index is 0.135. The van der Waals surface area contributed by atoms with Crippen LogP contribution in [0.4, 0.5) is 0 Å². The molecule has 8 rings (SSSR count). The summed E-state index contributed by atoms with van der Waals surface area (Å²) in [6.07, 6.45) is -40.1. The van der Waals surface area contributed by atoms with Gasteiger partial charge in [0.15, 0.2) is 44.0 Å². The van der Waals surface area contributed by atoms with Crippen LogP contribution in [0.1, 0.15) is 266 Å². The molecule has 16 unspecified atom stereocenters. The van der Waals surface area contributed by atoms with E-state index in [9.17, 15) is 147 Å². The molecule has 862 valence electrons. The molecule has 0 bridgehead atoms. The molecule has 0 aliphatic carbocycles. The van der Waals surface area contributed by atoms with Gasteiger partial charge in [-0.1, -0.05) is 219 Å². The highest BCUT2D eigenvalue weighted by atomic mass is 16.8. The van der Waals surface area contributed by atoms with Gasteiger partial charge in [-0.05, 0) is 26.2 Å². The minimum atomic E-state index is -3.32. The summed E-state index contributed by atoms with van der Waals surface area (Å²) in [5.74, 6) is -8.75. The Morgan fingerprint density at radius 3 is 1.21 bits per heavy atom. The molecule has 8 aliphatic heterocycles. The van der Waals surface area contributed by atoms with Gasteiger partial charge in [-0.2, -0.15) is 0 Å². The first-order valence-electron chi connectivity index (χ1n) is 53.5. The van der Waals surface area contributed by atoms with Gasteiger partial charge >= 0.3 is 5.97 Å². The molecule has 8 saturated heterocycles. The predicted octanol–water partition coefficient (Wildman–Crippen LogP) is -4.06. The summed E-state index contributed by atoms with van der Waals surface area (Å²) in [6, 6.07) is -7.02. The third-order valence-electron chi connectivity index (χ3n) is 28.8. The second kappa shape index (κ2) is 66.3. The number of nitrogens with one attached hydrogen (secondary N) is 4. The molecular weight excluding hydrogens is 1970 g/mol. The van der Waals surface area contributed by atoms with Crippen LogP contribution < -0.4 is 21.3 Å². The highest BCUT2D eigenvalue weighted by Crippen LogP contribution is 2.43. The predicted molar refractivity (Wildman–Crippen MR) is 514 cm³/mol. The van der Waals surface area contributed by atoms with Crippen molar-refractivity contribution in [2.75, 3.05) is 52.9 Å². The number of aliphatic hydroxyl groups excluding tert-OH is 23. The molecule has 4 amide bonds. The van der Waals surface area contributed by atoms with E-state index in [1.165, 1.54) is 148 Å². The van der Waals surface area contributed by atoms with Crippen molar-refractivity contribution in [2.45, 2.75) is 529 Å². The molecular formula is C99H176N4O45. The van der Waals surface area contributed by atoms with Crippen LogP contribution in [-0.4, -0.2) is 468 Å². The van der Waals surface area contributed by atoms with E-state index in [0.717, 1.165) is 78.6 Å². The van der Waals surface area contributed by atoms with Gasteiger partial charge in [0.1, 0.15) is 183 Å². The topological polar surface area (TPSA) is 767 Å². The molecule has 8 fully saturated rings. The molecule has 148 heavy (non-hydrogen) atoms. The van der Waals surface area contributed by atoms with Crippen LogP contribution in [0.15, 0.2) is 12.2 Å². The van der Waals surface area contributed by atoms with Gasteiger partial charge in [-0.25, -0.2) is 4.79 Å². The van der Waals surface area contributed by atoms with Crippen LogP contribution in [-0.2, 0) is 99.8 Å². The normalized spacial score (nSPS) is 37.7. The number of carbonyl (C=O) groups excluding carboxylic acids is 4. The van der Waals surface area contributed by atoms with Gasteiger partial charge in [-0.15, -0.1) is 0 Å². The fourth-order valence-electron chi connectivity index (χ4n) is 20.2. The number of rotatable bonds is 67. The van der Waals surface area contributed by atoms with Crippen molar-refractivity contribution in [3.05, 3.63) is 12.2 Å². The molecule has 0 radical (unpaired) electrons. The fourth-order valence-corrected chi connectivity index (χ4v) is 20.2. The van der Waals surface area contributed by atoms with Crippen molar-refractivity contribution in [1.82, 2.24) is 21.3 Å². The van der Waals surface area contributed by atoms with Gasteiger partial charge in [0.25, 0.3) is 5.79 Å². The highest BCUT2D eigenvalue weighted by molar-refractivity contribution is 5.77. The number of aliphatic carboxylic acids is 1. The summed E-state index contributed by atoms with van der Waals surface area (Å²) in [4.78, 5) is 66.4. The number of aliphatic hydroxyl groups is 23. The quantitative estimate of drug-likeness (QED) is 0.0203. The summed E-state index contributed by atoms with van der Waals surface area (Å²) in [5, 5.41) is 284. The minimum Gasteiger partial charge on any atom is -0.477 e. The summed E-state index contributed by atoms with van der Waals surface area (Å²) in [6.45, 7) is -0.294. The maximum Gasteiger partial charge on any atom is 0.364 e. The Morgan fingerprint density at radius 1 is 0.365 bits per heavy atom. The molecule has 0 spiro atoms. The average molecular weight is 2140 g/mol. The number of allylic oxidation sites excluding steroid dienone is 1. The maximum absolute atomic E-state index is 13.7. The summed E-state index contributed by atoms with van der Waals surface area (Å²) >= 11 is 0. The zero-order valence-electron chi connectivity index (χ0n) is 86.1. The van der Waals surface area contributed by atoms with E-state index in [0.29, 0.717) is 12.8 Å². The molecule has 8 heterocycles. The Bertz CT molecular complexity index is 3740. The van der Waals surface area contributed by atoms with E-state index in [4.69, 9.17) is 75.8 Å². The van der Waals surface area contributed by atoms with Crippen LogP contribution in [0.2, 0.25) is 0 Å². The largest absolute Gasteiger partial charge is 0.477 e. The Labute approximate surface area is 864 Å². The van der Waals surface area contributed by atoms with Crippen molar-refractivity contribution in [1.29, 1.82) is 0 Å². The lowest BCUT2D eigenvalue weighted by Crippen LogP contribution is -2.72. The average Bonchev–Trinajstić information content (AvgIpc) is 0.754. The van der Waals surface area contributed by atoms with E-state index >= 15 is 0 Å². The fraction of sp³-hybridized carbons (Fsp3) is 0.929. The third-order valence-corrected chi connectivity index (χ3v) is 28.8. The van der Waals surface area contributed by atoms with Gasteiger partial charge in [0.05, 0.1) is 83.3 Å². The van der Waals surface area contributed by atoms with Crippen molar-refractivity contribution < 1.29 is 222 Å². The maximum atomic E-state index is 13.7. The summed E-state index contributed by atoms with van der Waals surface area (Å²) < 4.78 is 97.1. The standard InChI is InChI=1S/C99H176N4O45/c1-7-9-11-13-15-17-19-21-22-23-24-25-26-27-28-30-32-34-36-38-40-42-66(117)103-56(57(114)41-39-37-35-33-31-29-20-18-16-14-12-10-8-2)51-133-93-80(128)78(126)84(65(50-110)140-93)141-95-81(129)87(73(121)61(46-106)136-95)144-91-68(101-54(5)112)76(124)83(64(49-109)139-91)142-97-90(146-94-79(127)77(125)70(118)52(3)134-94)89(75(123)63(48-108)138-97)145-92-69(102-55(6)113)85(72(120)60(45-105)135-92)143-96-82(130)88(74(122)62(47-107)137-96)148-99(98(131)132)43-58(115)67(100-53(4)111)86(147-99)71(119)59(116)44-104/h39,41,52,56-65,67-97,104-110,114-116,118-130H,7-38,40,42-51H2,1-6H3,(H,100,111)(H,101,112)(H,102,113)(H,103,117)(H,131,132)/b41-39+/t52?,56-,57+,58?,59+,60?,61?,62?,63?,64?,65?,67+,68?,69?,70+,71+,72-,73-,74-,75-,76+,77?,78+,79-,80?,81?,82?,83+,84+,85+,86?,87-,88-,89-,90?,91-,92+,93+,94+,95-,96-,97-,99-/m0/s1. The molecule has 0 aromatic rings. The molecule has 49 heteroatoms. The second-order valence-electron chi connectivity index (χ2n) is 40.5. The number of carbonyl (C=O) groups is 5. The number of unbranched alkanes of at least 4 members (excludes halogenated alkanes) is 31. The molecule has 43 atom stereocenters. The summed E-state index contributed by atoms with van der Waals surface area (Å²) in [7, 11) is 0. The summed E-state index contributed by atoms with van der Waals surface area (Å²) in [5.41, 5.74) is 0.